The van der Waals surface area contributed by atoms with Crippen LogP contribution in [0.25, 0.3) is 16.8 Å². The third-order valence-corrected chi connectivity index (χ3v) is 7.17. The summed E-state index contributed by atoms with van der Waals surface area (Å²) in [6, 6.07) is 8.69. The number of guanidine groups is 1. The molecular formula is C34H40ClF4N9O3. The number of aliphatic imine (C=N–C) groups is 1. The van der Waals surface area contributed by atoms with E-state index >= 15 is 0 Å². The number of halogens is 5. The van der Waals surface area contributed by atoms with E-state index in [2.05, 4.69) is 53.2 Å². The summed E-state index contributed by atoms with van der Waals surface area (Å²) in [6.07, 6.45) is -0.283. The number of nitrogens with one attached hydrogen (secondary N) is 1. The van der Waals surface area contributed by atoms with E-state index < -0.39 is 55.0 Å². The molecule has 0 unspecified atom stereocenters. The van der Waals surface area contributed by atoms with E-state index in [0.29, 0.717) is 32.4 Å². The average Bonchev–Trinajstić information content (AvgIpc) is 3.77. The van der Waals surface area contributed by atoms with Gasteiger partial charge in [0.15, 0.2) is 17.8 Å². The van der Waals surface area contributed by atoms with Crippen molar-refractivity contribution in [3.63, 3.8) is 0 Å². The van der Waals surface area contributed by atoms with Gasteiger partial charge in [-0.25, -0.2) is 32.9 Å². The van der Waals surface area contributed by atoms with Gasteiger partial charge in [-0.05, 0) is 55.0 Å². The molecule has 2 amide bonds. The minimum absolute atomic E-state index is 0.0422. The number of aromatic nitrogens is 5. The lowest BCUT2D eigenvalue weighted by Gasteiger charge is -2.29. The molecule has 0 radical (unpaired) electrons. The van der Waals surface area contributed by atoms with Crippen LogP contribution in [0.15, 0.2) is 66.2 Å². The van der Waals surface area contributed by atoms with Gasteiger partial charge in [0, 0.05) is 17.3 Å². The first-order chi connectivity index (χ1) is 23.7. The van der Waals surface area contributed by atoms with Gasteiger partial charge >= 0.3 is 12.6 Å². The zero-order valence-electron chi connectivity index (χ0n) is 29.1. The van der Waals surface area contributed by atoms with Crippen LogP contribution in [0, 0.1) is 5.41 Å². The van der Waals surface area contributed by atoms with Gasteiger partial charge in [-0.15, -0.1) is 0 Å². The molecule has 0 bridgehead atoms. The SMILES string of the molecule is CC(C)(C)C.CC(C)(C)NC(=O)OC[C@H](c1ccc(Cl)c(-n2ncnc2C(F)F)c1)N1C(=O)[C@@H](c2ccc(-c3cnn(C(F)F)c3)cc2)N=C1N. The molecule has 5 rings (SSSR count). The highest BCUT2D eigenvalue weighted by molar-refractivity contribution is 6.32. The van der Waals surface area contributed by atoms with Crippen LogP contribution in [-0.4, -0.2) is 59.6 Å². The molecule has 274 valence electrons. The van der Waals surface area contributed by atoms with Gasteiger partial charge in [-0.1, -0.05) is 69.6 Å². The molecule has 0 spiro atoms. The van der Waals surface area contributed by atoms with E-state index in [-0.39, 0.29) is 16.7 Å². The van der Waals surface area contributed by atoms with Gasteiger partial charge in [0.1, 0.15) is 12.9 Å². The van der Waals surface area contributed by atoms with Crippen LogP contribution in [0.4, 0.5) is 22.4 Å². The van der Waals surface area contributed by atoms with Crippen molar-refractivity contribution in [1.82, 2.24) is 34.8 Å². The molecule has 4 aromatic rings. The Morgan fingerprint density at radius 2 is 1.65 bits per heavy atom. The number of amides is 2. The first-order valence-electron chi connectivity index (χ1n) is 15.8. The van der Waals surface area contributed by atoms with Crippen LogP contribution in [0.1, 0.15) is 90.5 Å². The Balaban J connectivity index is 0.00000109. The molecule has 1 aliphatic heterocycles. The number of benzene rings is 2. The van der Waals surface area contributed by atoms with E-state index in [9.17, 15) is 27.2 Å². The Bertz CT molecular complexity index is 1860. The molecule has 17 heteroatoms. The Morgan fingerprint density at radius 1 is 1.00 bits per heavy atom. The average molecular weight is 734 g/mol. The Kier molecular flexibility index (Phi) is 11.8. The molecule has 12 nitrogen and oxygen atoms in total. The molecular weight excluding hydrogens is 694 g/mol. The quantitative estimate of drug-likeness (QED) is 0.168. The number of nitrogens with zero attached hydrogens (tertiary/aromatic N) is 7. The summed E-state index contributed by atoms with van der Waals surface area (Å²) >= 11 is 6.36. The Hall–Kier alpha value is -4.99. The van der Waals surface area contributed by atoms with Crippen molar-refractivity contribution in [2.24, 2.45) is 16.1 Å². The topological polar surface area (TPSA) is 146 Å². The largest absolute Gasteiger partial charge is 0.447 e. The fraction of sp³-hybridized carbons (Fsp3) is 0.412. The van der Waals surface area contributed by atoms with Crippen molar-refractivity contribution in [3.05, 3.63) is 83.2 Å². The molecule has 2 aromatic heterocycles. The second-order valence-corrected chi connectivity index (χ2v) is 14.6. The van der Waals surface area contributed by atoms with Gasteiger partial charge in [-0.2, -0.15) is 19.0 Å². The molecule has 0 saturated heterocycles. The summed E-state index contributed by atoms with van der Waals surface area (Å²) in [5, 5.41) is 10.2. The number of rotatable bonds is 9. The van der Waals surface area contributed by atoms with Crippen molar-refractivity contribution >= 4 is 29.6 Å². The van der Waals surface area contributed by atoms with Gasteiger partial charge in [0.2, 0.25) is 0 Å². The lowest BCUT2D eigenvalue weighted by molar-refractivity contribution is -0.129. The number of ether oxygens (including phenoxy) is 1. The summed E-state index contributed by atoms with van der Waals surface area (Å²) < 4.78 is 60.1. The van der Waals surface area contributed by atoms with Crippen LogP contribution in [0.3, 0.4) is 0 Å². The van der Waals surface area contributed by atoms with E-state index in [1.165, 1.54) is 30.6 Å². The fourth-order valence-electron chi connectivity index (χ4n) is 4.78. The second kappa shape index (κ2) is 15.5. The van der Waals surface area contributed by atoms with Gasteiger partial charge < -0.3 is 15.8 Å². The minimum atomic E-state index is -2.96. The summed E-state index contributed by atoms with van der Waals surface area (Å²) in [5.74, 6) is -1.40. The highest BCUT2D eigenvalue weighted by Gasteiger charge is 2.40. The van der Waals surface area contributed by atoms with Gasteiger partial charge in [0.25, 0.3) is 12.3 Å². The van der Waals surface area contributed by atoms with Crippen molar-refractivity contribution in [1.29, 1.82) is 0 Å². The normalized spacial score (nSPS) is 15.5. The van der Waals surface area contributed by atoms with E-state index in [4.69, 9.17) is 22.1 Å². The van der Waals surface area contributed by atoms with Crippen molar-refractivity contribution in [2.75, 3.05) is 6.61 Å². The number of carbonyl (C=O) groups excluding carboxylic acids is 2. The van der Waals surface area contributed by atoms with Crippen LogP contribution in [0.2, 0.25) is 5.02 Å². The summed E-state index contributed by atoms with van der Waals surface area (Å²) in [6.45, 7) is 10.8. The molecule has 0 saturated carbocycles. The maximum absolute atomic E-state index is 13.9. The fourth-order valence-corrected chi connectivity index (χ4v) is 4.97. The minimum Gasteiger partial charge on any atom is -0.447 e. The third-order valence-electron chi connectivity index (χ3n) is 6.85. The molecule has 2 atom stereocenters. The smallest absolute Gasteiger partial charge is 0.407 e. The Labute approximate surface area is 297 Å². The maximum Gasteiger partial charge on any atom is 0.407 e. The Morgan fingerprint density at radius 3 is 2.22 bits per heavy atom. The molecule has 51 heavy (non-hydrogen) atoms. The third kappa shape index (κ3) is 10.1. The van der Waals surface area contributed by atoms with Gasteiger partial charge in [-0.3, -0.25) is 9.69 Å². The number of nitrogens with two attached hydrogens (primary N) is 1. The van der Waals surface area contributed by atoms with Crippen LogP contribution < -0.4 is 11.1 Å². The van der Waals surface area contributed by atoms with Crippen LogP contribution >= 0.6 is 11.6 Å². The molecule has 2 aromatic carbocycles. The van der Waals surface area contributed by atoms with Crippen molar-refractivity contribution in [3.8, 4) is 16.8 Å². The standard InChI is InChI=1S/C29H28ClF4N9O3.C5H12/c1-29(2,3)40-28(45)46-13-21(17-8-9-19(30)20(10-17)43-24(23(31)32)36-14-38-43)42-25(44)22(39-27(42)35)16-6-4-15(5-7-16)18-11-37-41(12-18)26(33)34;1-5(2,3)4/h4-12,14,21-23,26H,13H2,1-3H3,(H2,35,39)(H,40,45);1-4H3/t21-,22-;/m1./s1. The van der Waals surface area contributed by atoms with E-state index in [1.807, 2.05) is 0 Å². The maximum atomic E-state index is 13.9. The first kappa shape index (κ1) is 38.8. The number of carbonyl (C=O) groups is 2. The lowest BCUT2D eigenvalue weighted by Crippen LogP contribution is -2.45. The first-order valence-corrected chi connectivity index (χ1v) is 16.1. The summed E-state index contributed by atoms with van der Waals surface area (Å²) in [5.41, 5.74) is 7.99. The number of alkyl carbamates (subject to hydrolysis) is 1. The summed E-state index contributed by atoms with van der Waals surface area (Å²) in [4.78, 5) is 35.6. The molecule has 3 N–H and O–H groups in total. The van der Waals surface area contributed by atoms with Gasteiger partial charge in [0.05, 0.1) is 22.9 Å². The predicted molar refractivity (Wildman–Crippen MR) is 184 cm³/mol. The van der Waals surface area contributed by atoms with Crippen LogP contribution in [-0.2, 0) is 9.53 Å². The molecule has 1 aliphatic rings. The van der Waals surface area contributed by atoms with E-state index in [1.54, 1.807) is 45.0 Å². The number of hydrogen-bond donors (Lipinski definition) is 2. The molecule has 3 heterocycles. The van der Waals surface area contributed by atoms with Crippen molar-refractivity contribution < 1.29 is 31.9 Å². The van der Waals surface area contributed by atoms with Crippen molar-refractivity contribution in [2.45, 2.75) is 79.1 Å². The predicted octanol–water partition coefficient (Wildman–Crippen LogP) is 7.63. The number of hydrogen-bond acceptors (Lipinski definition) is 8. The zero-order valence-corrected chi connectivity index (χ0v) is 29.9. The highest BCUT2D eigenvalue weighted by atomic mass is 35.5. The zero-order chi connectivity index (χ0) is 37.8. The monoisotopic (exact) mass is 733 g/mol. The van der Waals surface area contributed by atoms with Crippen LogP contribution in [0.5, 0.6) is 0 Å². The number of alkyl halides is 4. The second-order valence-electron chi connectivity index (χ2n) is 14.2. The summed E-state index contributed by atoms with van der Waals surface area (Å²) in [7, 11) is 0. The molecule has 0 aliphatic carbocycles. The van der Waals surface area contributed by atoms with E-state index in [0.717, 1.165) is 15.9 Å². The molecule has 0 fully saturated rings. The lowest BCUT2D eigenvalue weighted by atomic mass is 10.0. The highest BCUT2D eigenvalue weighted by Crippen LogP contribution is 2.35.